The van der Waals surface area contributed by atoms with E-state index in [-0.39, 0.29) is 0 Å². The minimum absolute atomic E-state index is 0.750. The van der Waals surface area contributed by atoms with E-state index in [2.05, 4.69) is 10.5 Å². The molecule has 9 heavy (non-hydrogen) atoms. The maximum absolute atomic E-state index is 8.81. The summed E-state index contributed by atoms with van der Waals surface area (Å²) in [4.78, 5) is 0. The maximum atomic E-state index is 8.81. The molecule has 0 aromatic heterocycles. The third kappa shape index (κ3) is 11.4. The average Bonchev–Trinajstić information content (AvgIpc) is 2.11. The topological polar surface area (TPSA) is 81.4 Å². The van der Waals surface area contributed by atoms with Crippen molar-refractivity contribution < 1.29 is 13.2 Å². The Morgan fingerprint density at radius 2 is 2.11 bits per heavy atom. The summed E-state index contributed by atoms with van der Waals surface area (Å²) in [6.07, 6.45) is 0. The number of hydrogen-bond donors (Lipinski definition) is 3. The first-order valence-corrected chi connectivity index (χ1v) is 3.65. The van der Waals surface area contributed by atoms with Gasteiger partial charge in [-0.2, -0.15) is 0 Å². The van der Waals surface area contributed by atoms with Crippen LogP contribution in [0.5, 0.6) is 0 Å². The van der Waals surface area contributed by atoms with E-state index in [4.69, 9.17) is 13.2 Å². The minimum Gasteiger partial charge on any atom is -0.365 e. The van der Waals surface area contributed by atoms with Gasteiger partial charge in [0.15, 0.2) is 10.9 Å². The summed E-state index contributed by atoms with van der Waals surface area (Å²) in [5, 5.41) is 7.06. The summed E-state index contributed by atoms with van der Waals surface area (Å²) in [5.41, 5.74) is 0. The van der Waals surface area contributed by atoms with Crippen molar-refractivity contribution in [3.05, 3.63) is 0 Å². The molecule has 5 nitrogen and oxygen atoms in total. The Morgan fingerprint density at radius 3 is 2.22 bits per heavy atom. The molecule has 0 unspecified atom stereocenters. The van der Waals surface area contributed by atoms with Crippen LogP contribution in [0.3, 0.4) is 0 Å². The van der Waals surface area contributed by atoms with Crippen LogP contribution in [-0.2, 0) is 15.6 Å². The fraction of sp³-hybridized carbons (Fsp3) is 1.00. The van der Waals surface area contributed by atoms with Gasteiger partial charge in [-0.3, -0.25) is 5.32 Å². The van der Waals surface area contributed by atoms with Gasteiger partial charge in [0.1, 0.15) is 0 Å². The van der Waals surface area contributed by atoms with E-state index in [0.717, 1.165) is 19.9 Å². The smallest absolute Gasteiger partial charge is 0.198 e. The Kier molecular flexibility index (Phi) is 5.85. The van der Waals surface area contributed by atoms with Crippen LogP contribution in [0.4, 0.5) is 0 Å². The summed E-state index contributed by atoms with van der Waals surface area (Å²) in [5.74, 6) is 0. The summed E-state index contributed by atoms with van der Waals surface area (Å²) >= 11 is 0. The fourth-order valence-electron chi connectivity index (χ4n) is 0.361. The second kappa shape index (κ2) is 5.96. The summed E-state index contributed by atoms with van der Waals surface area (Å²) in [6.45, 7) is 2.67. The first-order valence-electron chi connectivity index (χ1n) is 2.41. The summed E-state index contributed by atoms with van der Waals surface area (Å²) < 4.78 is 22.5. The largest absolute Gasteiger partial charge is 0.365 e. The van der Waals surface area contributed by atoms with Crippen molar-refractivity contribution in [1.29, 1.82) is 0 Å². The van der Waals surface area contributed by atoms with Crippen LogP contribution in [0.25, 0.3) is 0 Å². The quantitative estimate of drug-likeness (QED) is 0.354. The van der Waals surface area contributed by atoms with Gasteiger partial charge < -0.3 is 4.74 Å². The highest BCUT2D eigenvalue weighted by Gasteiger charge is 1.92. The lowest BCUT2D eigenvalue weighted by atomic mass is 10.7. The third-order valence-electron chi connectivity index (χ3n) is 0.627. The second-order valence-corrected chi connectivity index (χ2v) is 1.91. The molecule has 0 saturated carbocycles. The van der Waals surface area contributed by atoms with E-state index < -0.39 is 10.9 Å². The van der Waals surface area contributed by atoms with E-state index in [9.17, 15) is 0 Å². The molecular formula is C3H10N2O3S. The molecular weight excluding hydrogens is 144 g/mol. The van der Waals surface area contributed by atoms with Gasteiger partial charge >= 0.3 is 0 Å². The molecule has 1 aliphatic rings. The van der Waals surface area contributed by atoms with Gasteiger partial charge in [-0.15, -0.1) is 0 Å². The highest BCUT2D eigenvalue weighted by Crippen LogP contribution is 1.75. The second-order valence-electron chi connectivity index (χ2n) is 1.34. The molecule has 1 saturated heterocycles. The molecule has 1 heterocycles. The van der Waals surface area contributed by atoms with E-state index in [1.54, 1.807) is 0 Å². The van der Waals surface area contributed by atoms with Crippen molar-refractivity contribution in [2.24, 2.45) is 5.14 Å². The van der Waals surface area contributed by atoms with Gasteiger partial charge in [-0.1, -0.05) is 0 Å². The zero-order chi connectivity index (χ0) is 7.11. The zero-order valence-electron chi connectivity index (χ0n) is 4.87. The molecule has 56 valence electrons. The maximum Gasteiger partial charge on any atom is 0.198 e. The lowest BCUT2D eigenvalue weighted by Gasteiger charge is -1.76. The highest BCUT2D eigenvalue weighted by molar-refractivity contribution is 7.69. The minimum atomic E-state index is -2.62. The molecule has 3 N–H and O–H groups in total. The lowest BCUT2D eigenvalue weighted by Crippen LogP contribution is -2.05. The van der Waals surface area contributed by atoms with Crippen LogP contribution in [0.2, 0.25) is 0 Å². The van der Waals surface area contributed by atoms with Crippen molar-refractivity contribution in [1.82, 2.24) is 5.32 Å². The number of rotatable bonds is 0. The molecule has 1 aliphatic heterocycles. The molecule has 0 spiro atoms. The number of hydrogen-bond acceptors (Lipinski definition) is 4. The highest BCUT2D eigenvalue weighted by atomic mass is 32.2. The first-order chi connectivity index (χ1) is 4.23. The number of nitrogens with two attached hydrogens (primary N) is 1. The Hall–Kier alpha value is -0.170. The Balaban J connectivity index is 0.000000148. The first kappa shape index (κ1) is 8.83. The molecule has 0 bridgehead atoms. The van der Waals surface area contributed by atoms with E-state index in [1.807, 2.05) is 0 Å². The van der Waals surface area contributed by atoms with Crippen LogP contribution >= 0.6 is 0 Å². The monoisotopic (exact) mass is 154 g/mol. The molecule has 1 rings (SSSR count). The van der Waals surface area contributed by atoms with Gasteiger partial charge in [-0.25, -0.2) is 13.6 Å². The molecule has 6 heteroatoms. The Morgan fingerprint density at radius 1 is 1.56 bits per heavy atom. The van der Waals surface area contributed by atoms with Crippen molar-refractivity contribution in [2.45, 2.75) is 0 Å². The molecule has 1 fully saturated rings. The van der Waals surface area contributed by atoms with E-state index >= 15 is 0 Å². The number of nitrogens with one attached hydrogen (secondary N) is 1. The Bertz CT molecular complexity index is 105. The molecule has 0 aromatic carbocycles. The molecule has 0 amide bonds. The Labute approximate surface area is 55.3 Å². The van der Waals surface area contributed by atoms with Crippen molar-refractivity contribution in [3.63, 3.8) is 0 Å². The number of thiol groups is 1. The van der Waals surface area contributed by atoms with E-state index in [0.29, 0.717) is 0 Å². The molecule has 0 aliphatic carbocycles. The van der Waals surface area contributed by atoms with E-state index in [1.165, 1.54) is 0 Å². The van der Waals surface area contributed by atoms with Crippen molar-refractivity contribution in [3.8, 4) is 0 Å². The van der Waals surface area contributed by atoms with Gasteiger partial charge in [0.2, 0.25) is 0 Å². The predicted molar refractivity (Wildman–Crippen MR) is 33.3 cm³/mol. The van der Waals surface area contributed by atoms with Crippen LogP contribution in [0, 0.1) is 0 Å². The van der Waals surface area contributed by atoms with Crippen LogP contribution < -0.4 is 10.5 Å². The predicted octanol–water partition coefficient (Wildman–Crippen LogP) is -1.96. The molecule has 0 aromatic rings. The van der Waals surface area contributed by atoms with Crippen LogP contribution in [0.15, 0.2) is 0 Å². The van der Waals surface area contributed by atoms with Gasteiger partial charge in [-0.05, 0) is 0 Å². The third-order valence-corrected chi connectivity index (χ3v) is 0.627. The van der Waals surface area contributed by atoms with Gasteiger partial charge in [0, 0.05) is 6.54 Å². The van der Waals surface area contributed by atoms with Crippen molar-refractivity contribution >= 4 is 10.9 Å². The summed E-state index contributed by atoms with van der Waals surface area (Å²) in [6, 6.07) is 0. The summed E-state index contributed by atoms with van der Waals surface area (Å²) in [7, 11) is -2.62. The van der Waals surface area contributed by atoms with Crippen LogP contribution in [-0.4, -0.2) is 28.3 Å². The van der Waals surface area contributed by atoms with Crippen LogP contribution in [0.1, 0.15) is 0 Å². The van der Waals surface area contributed by atoms with Gasteiger partial charge in [0.05, 0.1) is 13.3 Å². The SMILES string of the molecule is C1COCN1.N[SH](=O)=O. The number of ether oxygens (including phenoxy) is 1. The molecule has 0 atom stereocenters. The average molecular weight is 154 g/mol. The normalized spacial score (nSPS) is 17.1. The zero-order valence-corrected chi connectivity index (χ0v) is 5.77. The lowest BCUT2D eigenvalue weighted by molar-refractivity contribution is 0.194. The fourth-order valence-corrected chi connectivity index (χ4v) is 0.361. The standard InChI is InChI=1S/C3H7NO.H3NO2S/c1-2-5-3-4-1;1-4(2)3/h4H,1-3H2;4H,(H2,1,2,3). The molecule has 0 radical (unpaired) electrons. The van der Waals surface area contributed by atoms with Gasteiger partial charge in [0.25, 0.3) is 0 Å². The van der Waals surface area contributed by atoms with Crippen molar-refractivity contribution in [2.75, 3.05) is 19.9 Å².